The van der Waals surface area contributed by atoms with E-state index in [1.54, 1.807) is 7.05 Å². The fourth-order valence-corrected chi connectivity index (χ4v) is 1.75. The summed E-state index contributed by atoms with van der Waals surface area (Å²) in [4.78, 5) is 18.2. The molecule has 6 nitrogen and oxygen atoms in total. The lowest BCUT2D eigenvalue weighted by Gasteiger charge is -2.30. The third-order valence-electron chi connectivity index (χ3n) is 2.94. The smallest absolute Gasteiger partial charge is 0.410 e. The molecule has 1 atom stereocenters. The Morgan fingerprint density at radius 2 is 1.86 bits per heavy atom. The molecule has 0 radical (unpaired) electrons. The molecule has 1 rings (SSSR count). The molecule has 0 aliphatic heterocycles. The van der Waals surface area contributed by atoms with E-state index in [1.807, 2.05) is 51.1 Å². The second-order valence-corrected chi connectivity index (χ2v) is 6.08. The molecular formula is C16H26N2O4. The van der Waals surface area contributed by atoms with Crippen LogP contribution in [0.4, 0.5) is 4.79 Å². The van der Waals surface area contributed by atoms with Crippen LogP contribution >= 0.6 is 0 Å². The predicted molar refractivity (Wildman–Crippen MR) is 84.0 cm³/mol. The number of nitrogens with zero attached hydrogens (tertiary/aromatic N) is 1. The lowest BCUT2D eigenvalue weighted by atomic mass is 10.2. The standard InChI is InChI=1S/C16H26N2O4/c1-16(2,3)22-15(19)18(4)14(12-21-17)11-20-10-13-8-6-5-7-9-13/h5-9,14H,10-12,17H2,1-4H3/t14-/m0/s1. The first kappa shape index (κ1) is 18.4. The van der Waals surface area contributed by atoms with Crippen LogP contribution in [0, 0.1) is 0 Å². The van der Waals surface area contributed by atoms with Gasteiger partial charge in [-0.2, -0.15) is 0 Å². The first-order valence-corrected chi connectivity index (χ1v) is 7.22. The zero-order valence-corrected chi connectivity index (χ0v) is 13.7. The zero-order valence-electron chi connectivity index (χ0n) is 13.7. The van der Waals surface area contributed by atoms with Crippen LogP contribution in [0.1, 0.15) is 26.3 Å². The van der Waals surface area contributed by atoms with Gasteiger partial charge in [-0.25, -0.2) is 10.7 Å². The van der Waals surface area contributed by atoms with Gasteiger partial charge in [0.1, 0.15) is 5.60 Å². The summed E-state index contributed by atoms with van der Waals surface area (Å²) in [6.45, 7) is 6.40. The third-order valence-corrected chi connectivity index (χ3v) is 2.94. The Hall–Kier alpha value is -1.63. The molecule has 0 fully saturated rings. The minimum absolute atomic E-state index is 0.171. The number of carbonyl (C=O) groups excluding carboxylic acids is 1. The van der Waals surface area contributed by atoms with Crippen molar-refractivity contribution in [2.75, 3.05) is 20.3 Å². The van der Waals surface area contributed by atoms with E-state index in [-0.39, 0.29) is 12.6 Å². The summed E-state index contributed by atoms with van der Waals surface area (Å²) in [5.74, 6) is 5.14. The van der Waals surface area contributed by atoms with Crippen LogP contribution in [-0.2, 0) is 20.9 Å². The summed E-state index contributed by atoms with van der Waals surface area (Å²) in [5.41, 5.74) is 0.513. The molecule has 6 heteroatoms. The van der Waals surface area contributed by atoms with Crippen molar-refractivity contribution in [1.82, 2.24) is 4.90 Å². The van der Waals surface area contributed by atoms with Gasteiger partial charge in [0.05, 0.1) is 25.9 Å². The molecule has 0 unspecified atom stereocenters. The third kappa shape index (κ3) is 6.89. The van der Waals surface area contributed by atoms with E-state index in [0.29, 0.717) is 13.2 Å². The number of likely N-dealkylation sites (N-methyl/N-ethyl adjacent to an activating group) is 1. The lowest BCUT2D eigenvalue weighted by Crippen LogP contribution is -2.45. The molecule has 0 spiro atoms. The second-order valence-electron chi connectivity index (χ2n) is 6.08. The SMILES string of the molecule is CN(C(=O)OC(C)(C)C)[C@H](CON)COCc1ccccc1. The van der Waals surface area contributed by atoms with Gasteiger partial charge in [-0.3, -0.25) is 0 Å². The molecule has 1 aromatic carbocycles. The Labute approximate surface area is 132 Å². The number of ether oxygens (including phenoxy) is 2. The number of nitrogens with two attached hydrogens (primary N) is 1. The highest BCUT2D eigenvalue weighted by molar-refractivity contribution is 5.68. The van der Waals surface area contributed by atoms with Crippen LogP contribution in [0.15, 0.2) is 30.3 Å². The highest BCUT2D eigenvalue weighted by Gasteiger charge is 2.25. The van der Waals surface area contributed by atoms with Gasteiger partial charge in [0, 0.05) is 7.05 Å². The van der Waals surface area contributed by atoms with Crippen molar-refractivity contribution < 1.29 is 19.1 Å². The van der Waals surface area contributed by atoms with Gasteiger partial charge >= 0.3 is 6.09 Å². The Kier molecular flexibility index (Phi) is 7.31. The normalized spacial score (nSPS) is 12.8. The van der Waals surface area contributed by atoms with E-state index in [9.17, 15) is 4.79 Å². The van der Waals surface area contributed by atoms with Crippen molar-refractivity contribution in [2.24, 2.45) is 5.90 Å². The maximum absolute atomic E-state index is 12.1. The molecule has 0 aliphatic carbocycles. The van der Waals surface area contributed by atoms with E-state index in [2.05, 4.69) is 4.84 Å². The summed E-state index contributed by atoms with van der Waals surface area (Å²) < 4.78 is 11.0. The molecule has 2 N–H and O–H groups in total. The van der Waals surface area contributed by atoms with Crippen molar-refractivity contribution in [2.45, 2.75) is 39.0 Å². The van der Waals surface area contributed by atoms with Crippen LogP contribution in [0.5, 0.6) is 0 Å². The molecule has 0 aromatic heterocycles. The van der Waals surface area contributed by atoms with Crippen LogP contribution < -0.4 is 5.90 Å². The van der Waals surface area contributed by atoms with Gasteiger partial charge in [0.25, 0.3) is 0 Å². The number of benzene rings is 1. The summed E-state index contributed by atoms with van der Waals surface area (Å²) in [6.07, 6.45) is -0.433. The quantitative estimate of drug-likeness (QED) is 0.782. The monoisotopic (exact) mass is 310 g/mol. The van der Waals surface area contributed by atoms with E-state index in [1.165, 1.54) is 4.90 Å². The average Bonchev–Trinajstić information content (AvgIpc) is 2.45. The Bertz CT molecular complexity index is 445. The van der Waals surface area contributed by atoms with Crippen molar-refractivity contribution in [1.29, 1.82) is 0 Å². The van der Waals surface area contributed by atoms with E-state index < -0.39 is 11.7 Å². The van der Waals surface area contributed by atoms with Gasteiger partial charge in [-0.05, 0) is 26.3 Å². The average molecular weight is 310 g/mol. The van der Waals surface area contributed by atoms with Crippen LogP contribution in [0.25, 0.3) is 0 Å². The largest absolute Gasteiger partial charge is 0.444 e. The molecule has 1 amide bonds. The number of rotatable bonds is 7. The molecule has 22 heavy (non-hydrogen) atoms. The Morgan fingerprint density at radius 1 is 1.23 bits per heavy atom. The van der Waals surface area contributed by atoms with E-state index in [4.69, 9.17) is 15.4 Å². The van der Waals surface area contributed by atoms with Crippen molar-refractivity contribution in [3.05, 3.63) is 35.9 Å². The van der Waals surface area contributed by atoms with Crippen molar-refractivity contribution in [3.63, 3.8) is 0 Å². The molecule has 0 aliphatic rings. The fourth-order valence-electron chi connectivity index (χ4n) is 1.75. The Balaban J connectivity index is 2.51. The first-order chi connectivity index (χ1) is 10.3. The number of amides is 1. The minimum Gasteiger partial charge on any atom is -0.444 e. The molecular weight excluding hydrogens is 284 g/mol. The predicted octanol–water partition coefficient (Wildman–Crippen LogP) is 2.33. The van der Waals surface area contributed by atoms with Gasteiger partial charge in [0.15, 0.2) is 0 Å². The topological polar surface area (TPSA) is 74.0 Å². The van der Waals surface area contributed by atoms with Gasteiger partial charge < -0.3 is 19.2 Å². The highest BCUT2D eigenvalue weighted by atomic mass is 16.6. The lowest BCUT2D eigenvalue weighted by molar-refractivity contribution is -0.0163. The van der Waals surface area contributed by atoms with Gasteiger partial charge in [0.2, 0.25) is 0 Å². The first-order valence-electron chi connectivity index (χ1n) is 7.22. The second kappa shape index (κ2) is 8.73. The van der Waals surface area contributed by atoms with Crippen molar-refractivity contribution in [3.8, 4) is 0 Å². The molecule has 124 valence electrons. The molecule has 0 saturated heterocycles. The van der Waals surface area contributed by atoms with Crippen molar-refractivity contribution >= 4 is 6.09 Å². The molecule has 1 aromatic rings. The van der Waals surface area contributed by atoms with Gasteiger partial charge in [-0.1, -0.05) is 30.3 Å². The number of hydrogen-bond donors (Lipinski definition) is 1. The fraction of sp³-hybridized carbons (Fsp3) is 0.562. The summed E-state index contributed by atoms with van der Waals surface area (Å²) >= 11 is 0. The summed E-state index contributed by atoms with van der Waals surface area (Å²) in [7, 11) is 1.64. The van der Waals surface area contributed by atoms with E-state index >= 15 is 0 Å². The minimum atomic E-state index is -0.551. The maximum atomic E-state index is 12.1. The van der Waals surface area contributed by atoms with E-state index in [0.717, 1.165) is 5.56 Å². The maximum Gasteiger partial charge on any atom is 0.410 e. The summed E-state index contributed by atoms with van der Waals surface area (Å²) in [6, 6.07) is 9.49. The molecule has 0 saturated carbocycles. The van der Waals surface area contributed by atoms with Crippen LogP contribution in [0.2, 0.25) is 0 Å². The van der Waals surface area contributed by atoms with Crippen LogP contribution in [0.3, 0.4) is 0 Å². The number of carbonyl (C=O) groups is 1. The molecule has 0 bridgehead atoms. The molecule has 0 heterocycles. The van der Waals surface area contributed by atoms with Gasteiger partial charge in [-0.15, -0.1) is 0 Å². The Morgan fingerprint density at radius 3 is 2.41 bits per heavy atom. The highest BCUT2D eigenvalue weighted by Crippen LogP contribution is 2.11. The van der Waals surface area contributed by atoms with Crippen LogP contribution in [-0.4, -0.2) is 42.9 Å². The number of hydrogen-bond acceptors (Lipinski definition) is 5. The zero-order chi connectivity index (χ0) is 16.6. The summed E-state index contributed by atoms with van der Waals surface area (Å²) in [5, 5.41) is 0.